The molecule has 0 radical (unpaired) electrons. The van der Waals surface area contributed by atoms with E-state index in [2.05, 4.69) is 50.3 Å². The molecule has 1 saturated heterocycles. The fourth-order valence-electron chi connectivity index (χ4n) is 8.68. The molecule has 66 heavy (non-hydrogen) atoms. The Morgan fingerprint density at radius 3 is 1.35 bits per heavy atom. The SMILES string of the molecule is CCCCC/C=C\C/C=C\C/C=C\CCCCCCCCCOCC(COC1OC(CO)C(O)C(O)C1O)OC(=O)CCCCCCCCCCCCCCCCCCCCCCCCC. The number of allylic oxidation sites excluding steroid dienone is 6. The Kier molecular flexibility index (Phi) is 45.8. The molecule has 0 spiro atoms. The van der Waals surface area contributed by atoms with E-state index in [9.17, 15) is 25.2 Å². The Morgan fingerprint density at radius 2 is 0.879 bits per heavy atom. The summed E-state index contributed by atoms with van der Waals surface area (Å²) in [6.45, 7) is 4.56. The van der Waals surface area contributed by atoms with Gasteiger partial charge in [-0.2, -0.15) is 0 Å². The lowest BCUT2D eigenvalue weighted by atomic mass is 9.99. The third kappa shape index (κ3) is 38.3. The van der Waals surface area contributed by atoms with Crippen LogP contribution in [0.25, 0.3) is 0 Å². The highest BCUT2D eigenvalue weighted by Crippen LogP contribution is 2.23. The third-order valence-corrected chi connectivity index (χ3v) is 13.1. The van der Waals surface area contributed by atoms with E-state index in [1.54, 1.807) is 0 Å². The van der Waals surface area contributed by atoms with Crippen molar-refractivity contribution in [2.24, 2.45) is 0 Å². The largest absolute Gasteiger partial charge is 0.457 e. The number of hydrogen-bond acceptors (Lipinski definition) is 9. The number of aliphatic hydroxyl groups excluding tert-OH is 4. The monoisotopic (exact) mass is 935 g/mol. The van der Waals surface area contributed by atoms with Crippen LogP contribution in [0, 0.1) is 0 Å². The van der Waals surface area contributed by atoms with Crippen molar-refractivity contribution in [3.05, 3.63) is 36.5 Å². The molecule has 9 heteroatoms. The first-order valence-electron chi connectivity index (χ1n) is 28.1. The first-order valence-corrected chi connectivity index (χ1v) is 28.1. The third-order valence-electron chi connectivity index (χ3n) is 13.1. The maximum Gasteiger partial charge on any atom is 0.306 e. The van der Waals surface area contributed by atoms with Gasteiger partial charge in [0.15, 0.2) is 6.29 Å². The molecule has 388 valence electrons. The number of rotatable bonds is 49. The summed E-state index contributed by atoms with van der Waals surface area (Å²) in [7, 11) is 0. The van der Waals surface area contributed by atoms with Crippen molar-refractivity contribution in [1.82, 2.24) is 0 Å². The second-order valence-electron chi connectivity index (χ2n) is 19.4. The first-order chi connectivity index (χ1) is 32.4. The number of carbonyl (C=O) groups is 1. The normalized spacial score (nSPS) is 19.5. The van der Waals surface area contributed by atoms with Gasteiger partial charge in [0.25, 0.3) is 0 Å². The molecule has 1 heterocycles. The molecule has 0 aromatic rings. The van der Waals surface area contributed by atoms with Gasteiger partial charge in [-0.15, -0.1) is 0 Å². The van der Waals surface area contributed by atoms with Crippen LogP contribution in [0.4, 0.5) is 0 Å². The van der Waals surface area contributed by atoms with Gasteiger partial charge in [-0.05, 0) is 51.4 Å². The fourth-order valence-corrected chi connectivity index (χ4v) is 8.68. The van der Waals surface area contributed by atoms with Crippen LogP contribution in [0.15, 0.2) is 36.5 Å². The molecule has 0 aromatic heterocycles. The maximum absolute atomic E-state index is 12.9. The van der Waals surface area contributed by atoms with Crippen molar-refractivity contribution in [3.63, 3.8) is 0 Å². The van der Waals surface area contributed by atoms with Crippen LogP contribution in [0.1, 0.15) is 258 Å². The molecule has 0 saturated carbocycles. The number of unbranched alkanes of at least 4 members (excludes halogenated alkanes) is 32. The zero-order chi connectivity index (χ0) is 47.8. The average molecular weight is 935 g/mol. The second kappa shape index (κ2) is 48.4. The Hall–Kier alpha value is -1.59. The maximum atomic E-state index is 12.9. The van der Waals surface area contributed by atoms with Gasteiger partial charge in [-0.3, -0.25) is 4.79 Å². The van der Waals surface area contributed by atoms with Crippen LogP contribution in [0.2, 0.25) is 0 Å². The molecule has 1 aliphatic heterocycles. The van der Waals surface area contributed by atoms with Gasteiger partial charge in [0.1, 0.15) is 30.5 Å². The van der Waals surface area contributed by atoms with Gasteiger partial charge in [-0.25, -0.2) is 0 Å². The molecule has 6 unspecified atom stereocenters. The lowest BCUT2D eigenvalue weighted by molar-refractivity contribution is -0.305. The summed E-state index contributed by atoms with van der Waals surface area (Å²) in [6, 6.07) is 0. The molecule has 4 N–H and O–H groups in total. The van der Waals surface area contributed by atoms with Crippen molar-refractivity contribution < 1.29 is 44.2 Å². The Labute approximate surface area is 406 Å². The molecule has 0 aromatic carbocycles. The number of carbonyl (C=O) groups excluding carboxylic acids is 1. The topological polar surface area (TPSA) is 135 Å². The number of esters is 1. The lowest BCUT2D eigenvalue weighted by Crippen LogP contribution is -2.59. The zero-order valence-electron chi connectivity index (χ0n) is 43.0. The van der Waals surface area contributed by atoms with Gasteiger partial charge in [-0.1, -0.05) is 237 Å². The predicted octanol–water partition coefficient (Wildman–Crippen LogP) is 14.3. The lowest BCUT2D eigenvalue weighted by Gasteiger charge is -2.39. The van der Waals surface area contributed by atoms with Gasteiger partial charge in [0.2, 0.25) is 0 Å². The van der Waals surface area contributed by atoms with E-state index in [1.165, 1.54) is 180 Å². The van der Waals surface area contributed by atoms with E-state index in [1.807, 2.05) is 0 Å². The molecule has 1 aliphatic rings. The smallest absolute Gasteiger partial charge is 0.306 e. The molecule has 0 amide bonds. The van der Waals surface area contributed by atoms with E-state index in [0.717, 1.165) is 57.8 Å². The number of aliphatic hydroxyl groups is 4. The molecular weight excluding hydrogens is 829 g/mol. The molecule has 9 nitrogen and oxygen atoms in total. The highest BCUT2D eigenvalue weighted by Gasteiger charge is 2.44. The highest BCUT2D eigenvalue weighted by atomic mass is 16.7. The number of ether oxygens (including phenoxy) is 4. The molecule has 1 fully saturated rings. The fraction of sp³-hybridized carbons (Fsp3) is 0.877. The molecule has 0 aliphatic carbocycles. The Bertz CT molecular complexity index is 1110. The standard InChI is InChI=1S/C57H106O9/c1-3-5-7-9-11-13-15-17-19-21-23-25-26-27-28-30-32-34-36-38-40-42-44-46-53(59)65-51(50-64-57-56(62)55(61)54(60)52(48-58)66-57)49-63-47-45-43-41-39-37-35-33-31-29-24-22-20-18-16-14-12-10-8-6-4-2/h12,14,18,20,24,29,51-52,54-58,60-62H,3-11,13,15-17,19,21-23,25-28,30-50H2,1-2H3/b14-12-,20-18-,29-24-. The quantitative estimate of drug-likeness (QED) is 0.0267. The van der Waals surface area contributed by atoms with Crippen molar-refractivity contribution in [1.29, 1.82) is 0 Å². The van der Waals surface area contributed by atoms with Crippen molar-refractivity contribution in [2.75, 3.05) is 26.4 Å². The average Bonchev–Trinajstić information content (AvgIpc) is 3.32. The van der Waals surface area contributed by atoms with E-state index in [4.69, 9.17) is 18.9 Å². The van der Waals surface area contributed by atoms with E-state index < -0.39 is 43.4 Å². The van der Waals surface area contributed by atoms with Crippen LogP contribution in [-0.4, -0.2) is 89.6 Å². The Balaban J connectivity index is 2.16. The van der Waals surface area contributed by atoms with Crippen molar-refractivity contribution in [2.45, 2.75) is 295 Å². The van der Waals surface area contributed by atoms with Crippen LogP contribution < -0.4 is 0 Å². The zero-order valence-corrected chi connectivity index (χ0v) is 43.0. The molecule has 6 atom stereocenters. The summed E-state index contributed by atoms with van der Waals surface area (Å²) in [5.41, 5.74) is 0. The minimum absolute atomic E-state index is 0.115. The van der Waals surface area contributed by atoms with Gasteiger partial charge >= 0.3 is 5.97 Å². The summed E-state index contributed by atoms with van der Waals surface area (Å²) >= 11 is 0. The molecule has 1 rings (SSSR count). The van der Waals surface area contributed by atoms with Gasteiger partial charge in [0.05, 0.1) is 19.8 Å². The van der Waals surface area contributed by atoms with Crippen LogP contribution in [0.5, 0.6) is 0 Å². The minimum atomic E-state index is -1.54. The van der Waals surface area contributed by atoms with Crippen LogP contribution in [-0.2, 0) is 23.7 Å². The summed E-state index contributed by atoms with van der Waals surface area (Å²) in [5.74, 6) is -0.312. The van der Waals surface area contributed by atoms with Crippen LogP contribution in [0.3, 0.4) is 0 Å². The van der Waals surface area contributed by atoms with E-state index >= 15 is 0 Å². The Morgan fingerprint density at radius 1 is 0.485 bits per heavy atom. The van der Waals surface area contributed by atoms with Crippen LogP contribution >= 0.6 is 0 Å². The summed E-state index contributed by atoms with van der Waals surface area (Å²) in [6.07, 6.45) is 53.3. The first kappa shape index (κ1) is 62.4. The molecular formula is C57H106O9. The van der Waals surface area contributed by atoms with E-state index in [0.29, 0.717) is 13.0 Å². The summed E-state index contributed by atoms with van der Waals surface area (Å²) in [5, 5.41) is 40.3. The van der Waals surface area contributed by atoms with Crippen molar-refractivity contribution in [3.8, 4) is 0 Å². The number of hydrogen-bond donors (Lipinski definition) is 4. The summed E-state index contributed by atoms with van der Waals surface area (Å²) in [4.78, 5) is 12.9. The molecule has 0 bridgehead atoms. The van der Waals surface area contributed by atoms with Crippen molar-refractivity contribution >= 4 is 5.97 Å². The summed E-state index contributed by atoms with van der Waals surface area (Å²) < 4.78 is 22.9. The van der Waals surface area contributed by atoms with E-state index in [-0.39, 0.29) is 19.2 Å². The predicted molar refractivity (Wildman–Crippen MR) is 275 cm³/mol. The van der Waals surface area contributed by atoms with Gasteiger partial charge < -0.3 is 39.4 Å². The minimum Gasteiger partial charge on any atom is -0.457 e. The van der Waals surface area contributed by atoms with Gasteiger partial charge in [0, 0.05) is 13.0 Å². The second-order valence-corrected chi connectivity index (χ2v) is 19.4. The highest BCUT2D eigenvalue weighted by molar-refractivity contribution is 5.69.